The van der Waals surface area contributed by atoms with Crippen LogP contribution < -0.4 is 4.90 Å². The average Bonchev–Trinajstić information content (AvgIpc) is 2.46. The first-order valence-electron chi connectivity index (χ1n) is 7.52. The molecule has 1 fully saturated rings. The Hall–Kier alpha value is -1.68. The van der Waals surface area contributed by atoms with Gasteiger partial charge in [-0.15, -0.1) is 0 Å². The van der Waals surface area contributed by atoms with Gasteiger partial charge in [0.25, 0.3) is 0 Å². The number of carbonyl (C=O) groups is 2. The normalized spacial score (nSPS) is 19.9. The minimum Gasteiger partial charge on any atom is -0.378 e. The second-order valence-corrected chi connectivity index (χ2v) is 6.14. The van der Waals surface area contributed by atoms with Crippen LogP contribution in [0.25, 0.3) is 0 Å². The van der Waals surface area contributed by atoms with Crippen LogP contribution in [0.1, 0.15) is 48.0 Å². The number of benzene rings is 1. The molecule has 0 atom stereocenters. The maximum Gasteiger partial charge on any atom is 0.227 e. The molecule has 0 aromatic heterocycles. The molecule has 1 amide bonds. The van der Waals surface area contributed by atoms with Gasteiger partial charge in [0.1, 0.15) is 0 Å². The van der Waals surface area contributed by atoms with Crippen molar-refractivity contribution in [2.75, 3.05) is 19.1 Å². The number of methoxy groups -OCH3 is 1. The third-order valence-electron chi connectivity index (χ3n) is 4.93. The number of ether oxygens (including phenoxy) is 1. The molecule has 3 rings (SSSR count). The van der Waals surface area contributed by atoms with Crippen LogP contribution in [-0.2, 0) is 16.0 Å². The molecule has 0 bridgehead atoms. The lowest BCUT2D eigenvalue weighted by Crippen LogP contribution is -2.41. The van der Waals surface area contributed by atoms with Crippen LogP contribution in [-0.4, -0.2) is 31.4 Å². The Morgan fingerprint density at radius 3 is 2.71 bits per heavy atom. The minimum atomic E-state index is -0.236. The van der Waals surface area contributed by atoms with Crippen LogP contribution in [0, 0.1) is 0 Å². The highest BCUT2D eigenvalue weighted by Gasteiger charge is 2.39. The lowest BCUT2D eigenvalue weighted by molar-refractivity contribution is -0.118. The molecule has 1 aliphatic carbocycles. The summed E-state index contributed by atoms with van der Waals surface area (Å²) in [6, 6.07) is 5.67. The highest BCUT2D eigenvalue weighted by atomic mass is 16.5. The van der Waals surface area contributed by atoms with Crippen LogP contribution in [0.2, 0.25) is 0 Å². The number of fused-ring (bicyclic) bond motifs is 1. The van der Waals surface area contributed by atoms with E-state index in [0.29, 0.717) is 12.8 Å². The van der Waals surface area contributed by atoms with E-state index in [2.05, 4.69) is 0 Å². The van der Waals surface area contributed by atoms with Crippen molar-refractivity contribution in [3.63, 3.8) is 0 Å². The molecule has 21 heavy (non-hydrogen) atoms. The molecule has 1 heterocycles. The summed E-state index contributed by atoms with van der Waals surface area (Å²) in [5.41, 5.74) is 2.51. The molecular weight excluding hydrogens is 266 g/mol. The zero-order chi connectivity index (χ0) is 15.0. The van der Waals surface area contributed by atoms with Crippen molar-refractivity contribution in [3.05, 3.63) is 29.3 Å². The predicted molar refractivity (Wildman–Crippen MR) is 80.7 cm³/mol. The van der Waals surface area contributed by atoms with E-state index in [1.54, 1.807) is 19.1 Å². The molecule has 1 aliphatic heterocycles. The number of carbonyl (C=O) groups excluding carboxylic acids is 2. The molecule has 0 spiro atoms. The van der Waals surface area contributed by atoms with Crippen molar-refractivity contribution >= 4 is 17.4 Å². The van der Waals surface area contributed by atoms with Gasteiger partial charge in [0.2, 0.25) is 5.91 Å². The van der Waals surface area contributed by atoms with Gasteiger partial charge in [-0.1, -0.05) is 0 Å². The van der Waals surface area contributed by atoms with E-state index >= 15 is 0 Å². The van der Waals surface area contributed by atoms with Crippen LogP contribution in [0.3, 0.4) is 0 Å². The van der Waals surface area contributed by atoms with Gasteiger partial charge in [0, 0.05) is 38.2 Å². The van der Waals surface area contributed by atoms with Crippen LogP contribution >= 0.6 is 0 Å². The summed E-state index contributed by atoms with van der Waals surface area (Å²) >= 11 is 0. The Balaban J connectivity index is 1.81. The topological polar surface area (TPSA) is 46.6 Å². The van der Waals surface area contributed by atoms with Crippen LogP contribution in [0.5, 0.6) is 0 Å². The fourth-order valence-electron chi connectivity index (χ4n) is 3.25. The number of ketones is 1. The first kappa shape index (κ1) is 14.3. The molecule has 1 aromatic carbocycles. The van der Waals surface area contributed by atoms with E-state index < -0.39 is 0 Å². The summed E-state index contributed by atoms with van der Waals surface area (Å²) in [4.78, 5) is 25.9. The molecule has 4 nitrogen and oxygen atoms in total. The maximum absolute atomic E-state index is 12.5. The second-order valence-electron chi connectivity index (χ2n) is 6.14. The van der Waals surface area contributed by atoms with E-state index in [4.69, 9.17) is 4.74 Å². The maximum atomic E-state index is 12.5. The van der Waals surface area contributed by atoms with Crippen molar-refractivity contribution in [1.29, 1.82) is 0 Å². The highest BCUT2D eigenvalue weighted by molar-refractivity contribution is 6.00. The fourth-order valence-corrected chi connectivity index (χ4v) is 3.25. The molecule has 0 unspecified atom stereocenters. The minimum absolute atomic E-state index is 0.134. The van der Waals surface area contributed by atoms with E-state index in [9.17, 15) is 9.59 Å². The monoisotopic (exact) mass is 287 g/mol. The van der Waals surface area contributed by atoms with Gasteiger partial charge in [-0.25, -0.2) is 0 Å². The third kappa shape index (κ3) is 2.48. The lowest BCUT2D eigenvalue weighted by atomic mass is 9.75. The van der Waals surface area contributed by atoms with E-state index in [-0.39, 0.29) is 17.3 Å². The summed E-state index contributed by atoms with van der Waals surface area (Å²) in [5, 5.41) is 0. The zero-order valence-corrected chi connectivity index (χ0v) is 12.6. The Kier molecular flexibility index (Phi) is 3.57. The number of rotatable bonds is 4. The standard InChI is InChI=1S/C17H21NO3/c1-18-14-6-4-13(10-12(14)5-7-16(18)20)15(19)11-17(21-2)8-3-9-17/h4,6,10H,3,5,7-9,11H2,1-2H3. The largest absolute Gasteiger partial charge is 0.378 e. The smallest absolute Gasteiger partial charge is 0.227 e. The molecular formula is C17H21NO3. The first-order chi connectivity index (χ1) is 10.0. The first-order valence-corrected chi connectivity index (χ1v) is 7.52. The van der Waals surface area contributed by atoms with Crippen LogP contribution in [0.4, 0.5) is 5.69 Å². The molecule has 0 saturated heterocycles. The Labute approximate surface area is 125 Å². The molecule has 0 N–H and O–H groups in total. The van der Waals surface area contributed by atoms with E-state index in [0.717, 1.165) is 42.5 Å². The van der Waals surface area contributed by atoms with Gasteiger partial charge in [-0.2, -0.15) is 0 Å². The number of Topliss-reactive ketones (excluding diaryl/α,β-unsaturated/α-hetero) is 1. The number of anilines is 1. The number of aryl methyl sites for hydroxylation is 1. The number of hydrogen-bond acceptors (Lipinski definition) is 3. The molecule has 112 valence electrons. The number of hydrogen-bond donors (Lipinski definition) is 0. The predicted octanol–water partition coefficient (Wildman–Crippen LogP) is 2.74. The second kappa shape index (κ2) is 5.26. The van der Waals surface area contributed by atoms with Gasteiger partial charge in [0.05, 0.1) is 5.60 Å². The van der Waals surface area contributed by atoms with Crippen molar-refractivity contribution < 1.29 is 14.3 Å². The van der Waals surface area contributed by atoms with Crippen molar-refractivity contribution in [2.24, 2.45) is 0 Å². The molecule has 0 radical (unpaired) electrons. The van der Waals surface area contributed by atoms with Crippen molar-refractivity contribution in [2.45, 2.75) is 44.1 Å². The zero-order valence-electron chi connectivity index (χ0n) is 12.6. The SMILES string of the molecule is COC1(CC(=O)c2ccc3c(c2)CCC(=O)N3C)CCC1. The highest BCUT2D eigenvalue weighted by Crippen LogP contribution is 2.39. The summed E-state index contributed by atoms with van der Waals surface area (Å²) in [6.45, 7) is 0. The Morgan fingerprint density at radius 1 is 1.33 bits per heavy atom. The van der Waals surface area contributed by atoms with E-state index in [1.807, 2.05) is 18.2 Å². The molecule has 1 saturated carbocycles. The summed E-state index contributed by atoms with van der Waals surface area (Å²) in [7, 11) is 3.48. The molecule has 4 heteroatoms. The molecule has 1 aromatic rings. The molecule has 2 aliphatic rings. The van der Waals surface area contributed by atoms with Gasteiger partial charge in [-0.05, 0) is 49.4 Å². The Morgan fingerprint density at radius 2 is 2.10 bits per heavy atom. The van der Waals surface area contributed by atoms with Gasteiger partial charge in [0.15, 0.2) is 5.78 Å². The summed E-state index contributed by atoms with van der Waals surface area (Å²) in [5.74, 6) is 0.272. The lowest BCUT2D eigenvalue weighted by Gasteiger charge is -2.40. The van der Waals surface area contributed by atoms with Crippen molar-refractivity contribution in [1.82, 2.24) is 0 Å². The summed E-state index contributed by atoms with van der Waals surface area (Å²) in [6.07, 6.45) is 4.77. The number of nitrogens with zero attached hydrogens (tertiary/aromatic N) is 1. The van der Waals surface area contributed by atoms with E-state index in [1.165, 1.54) is 0 Å². The fraction of sp³-hybridized carbons (Fsp3) is 0.529. The van der Waals surface area contributed by atoms with Gasteiger partial charge >= 0.3 is 0 Å². The number of amides is 1. The van der Waals surface area contributed by atoms with Crippen molar-refractivity contribution in [3.8, 4) is 0 Å². The van der Waals surface area contributed by atoms with Crippen LogP contribution in [0.15, 0.2) is 18.2 Å². The van der Waals surface area contributed by atoms with Gasteiger partial charge in [-0.3, -0.25) is 9.59 Å². The quantitative estimate of drug-likeness (QED) is 0.800. The van der Waals surface area contributed by atoms with Gasteiger partial charge < -0.3 is 9.64 Å². The third-order valence-corrected chi connectivity index (χ3v) is 4.93. The average molecular weight is 287 g/mol. The Bertz CT molecular complexity index is 584. The summed E-state index contributed by atoms with van der Waals surface area (Å²) < 4.78 is 5.54.